The average Bonchev–Trinajstić information content (AvgIpc) is 2.82. The minimum Gasteiger partial charge on any atom is -0.384 e. The molecule has 0 bridgehead atoms. The fourth-order valence-corrected chi connectivity index (χ4v) is 2.86. The van der Waals surface area contributed by atoms with Crippen LogP contribution in [0.25, 0.3) is 0 Å². The monoisotopic (exact) mass is 279 g/mol. The third-order valence-corrected chi connectivity index (χ3v) is 3.78. The molecule has 1 saturated heterocycles. The fourth-order valence-electron chi connectivity index (χ4n) is 2.04. The number of hydrogen-bond donors (Lipinski definition) is 1. The Kier molecular flexibility index (Phi) is 4.25. The molecule has 0 aliphatic carbocycles. The van der Waals surface area contributed by atoms with Crippen molar-refractivity contribution < 1.29 is 14.6 Å². The highest BCUT2D eigenvalue weighted by atomic mass is 32.1. The lowest BCUT2D eigenvalue weighted by molar-refractivity contribution is -0.0763. The highest BCUT2D eigenvalue weighted by Gasteiger charge is 2.31. The van der Waals surface area contributed by atoms with Crippen LogP contribution in [0.5, 0.6) is 0 Å². The van der Waals surface area contributed by atoms with Crippen LogP contribution in [0, 0.1) is 11.8 Å². The van der Waals surface area contributed by atoms with Crippen molar-refractivity contribution in [1.82, 2.24) is 4.90 Å². The third-order valence-electron chi connectivity index (χ3n) is 2.87. The molecule has 1 amide bonds. The molecule has 0 spiro atoms. The number of carbonyl (C=O) groups is 1. The SMILES string of the molecule is CC1(C)CN(C(=O)c2sccc2C#CCO)CCO1. The zero-order valence-electron chi connectivity index (χ0n) is 11.1. The number of aliphatic hydroxyl groups excluding tert-OH is 1. The zero-order valence-corrected chi connectivity index (χ0v) is 11.9. The van der Waals surface area contributed by atoms with E-state index in [9.17, 15) is 4.79 Å². The van der Waals surface area contributed by atoms with Crippen LogP contribution in [0.3, 0.4) is 0 Å². The average molecular weight is 279 g/mol. The Hall–Kier alpha value is -1.35. The first kappa shape index (κ1) is 14.1. The minimum atomic E-state index is -0.303. The van der Waals surface area contributed by atoms with Crippen LogP contribution in [0.1, 0.15) is 29.1 Å². The molecule has 1 N–H and O–H groups in total. The van der Waals surface area contributed by atoms with Crippen molar-refractivity contribution in [3.05, 3.63) is 21.9 Å². The summed E-state index contributed by atoms with van der Waals surface area (Å²) in [7, 11) is 0. The molecule has 0 atom stereocenters. The van der Waals surface area contributed by atoms with Crippen molar-refractivity contribution >= 4 is 17.2 Å². The Bertz CT molecular complexity index is 524. The second-order valence-corrected chi connectivity index (χ2v) is 5.87. The van der Waals surface area contributed by atoms with Crippen molar-refractivity contribution in [2.75, 3.05) is 26.3 Å². The molecule has 102 valence electrons. The van der Waals surface area contributed by atoms with Gasteiger partial charge >= 0.3 is 0 Å². The maximum atomic E-state index is 12.5. The molecular weight excluding hydrogens is 262 g/mol. The third kappa shape index (κ3) is 3.35. The summed E-state index contributed by atoms with van der Waals surface area (Å²) in [4.78, 5) is 14.9. The van der Waals surface area contributed by atoms with Crippen molar-refractivity contribution in [1.29, 1.82) is 0 Å². The number of rotatable bonds is 1. The molecule has 2 rings (SSSR count). The van der Waals surface area contributed by atoms with E-state index in [1.165, 1.54) is 11.3 Å². The van der Waals surface area contributed by atoms with Gasteiger partial charge in [0.15, 0.2) is 0 Å². The molecular formula is C14H17NO3S. The molecule has 5 heteroatoms. The Morgan fingerprint density at radius 2 is 2.42 bits per heavy atom. The van der Waals surface area contributed by atoms with Gasteiger partial charge in [0.05, 0.1) is 12.2 Å². The van der Waals surface area contributed by atoms with E-state index in [4.69, 9.17) is 9.84 Å². The van der Waals surface area contributed by atoms with Gasteiger partial charge in [-0.15, -0.1) is 11.3 Å². The lowest BCUT2D eigenvalue weighted by Crippen LogP contribution is -2.50. The van der Waals surface area contributed by atoms with Crippen LogP contribution in [0.15, 0.2) is 11.4 Å². The minimum absolute atomic E-state index is 0.00591. The summed E-state index contributed by atoms with van der Waals surface area (Å²) in [6.45, 7) is 5.50. The molecule has 0 unspecified atom stereocenters. The standard InChI is InChI=1S/C14H17NO3S/c1-14(2)10-15(6-8-18-14)13(17)12-11(4-3-7-16)5-9-19-12/h5,9,16H,6-8,10H2,1-2H3. The van der Waals surface area contributed by atoms with Gasteiger partial charge in [-0.25, -0.2) is 0 Å². The van der Waals surface area contributed by atoms with Gasteiger partial charge in [-0.05, 0) is 25.3 Å². The maximum absolute atomic E-state index is 12.5. The van der Waals surface area contributed by atoms with E-state index in [1.54, 1.807) is 4.90 Å². The summed E-state index contributed by atoms with van der Waals surface area (Å²) in [6, 6.07) is 1.81. The number of morpholine rings is 1. The van der Waals surface area contributed by atoms with E-state index in [0.29, 0.717) is 30.1 Å². The zero-order chi connectivity index (χ0) is 13.9. The maximum Gasteiger partial charge on any atom is 0.265 e. The highest BCUT2D eigenvalue weighted by Crippen LogP contribution is 2.22. The highest BCUT2D eigenvalue weighted by molar-refractivity contribution is 7.12. The molecule has 4 nitrogen and oxygen atoms in total. The van der Waals surface area contributed by atoms with E-state index in [-0.39, 0.29) is 18.1 Å². The van der Waals surface area contributed by atoms with Crippen molar-refractivity contribution in [3.8, 4) is 11.8 Å². The molecule has 1 fully saturated rings. The predicted octanol–water partition coefficient (Wildman–Crippen LogP) is 1.34. The number of amides is 1. The number of hydrogen-bond acceptors (Lipinski definition) is 4. The van der Waals surface area contributed by atoms with Gasteiger partial charge in [0.2, 0.25) is 0 Å². The van der Waals surface area contributed by atoms with Crippen LogP contribution in [0.2, 0.25) is 0 Å². The Labute approximate surface area is 117 Å². The van der Waals surface area contributed by atoms with Gasteiger partial charge in [0.1, 0.15) is 11.5 Å². The first-order chi connectivity index (χ1) is 9.03. The van der Waals surface area contributed by atoms with Gasteiger partial charge in [0, 0.05) is 18.7 Å². The lowest BCUT2D eigenvalue weighted by atomic mass is 10.1. The molecule has 0 saturated carbocycles. The van der Waals surface area contributed by atoms with Gasteiger partial charge in [-0.2, -0.15) is 0 Å². The van der Waals surface area contributed by atoms with E-state index in [2.05, 4.69) is 11.8 Å². The van der Waals surface area contributed by atoms with E-state index >= 15 is 0 Å². The fraction of sp³-hybridized carbons (Fsp3) is 0.500. The summed E-state index contributed by atoms with van der Waals surface area (Å²) >= 11 is 1.39. The van der Waals surface area contributed by atoms with Crippen LogP contribution in [0.4, 0.5) is 0 Å². The predicted molar refractivity (Wildman–Crippen MR) is 74.2 cm³/mol. The second kappa shape index (κ2) is 5.74. The number of carbonyl (C=O) groups excluding carboxylic acids is 1. The number of thiophene rings is 1. The number of nitrogens with zero attached hydrogens (tertiary/aromatic N) is 1. The molecule has 1 aromatic heterocycles. The number of ether oxygens (including phenoxy) is 1. The van der Waals surface area contributed by atoms with Gasteiger partial charge in [0.25, 0.3) is 5.91 Å². The molecule has 1 aliphatic heterocycles. The van der Waals surface area contributed by atoms with Gasteiger partial charge in [-0.1, -0.05) is 11.8 Å². The second-order valence-electron chi connectivity index (χ2n) is 4.96. The van der Waals surface area contributed by atoms with Crippen molar-refractivity contribution in [2.24, 2.45) is 0 Å². The topological polar surface area (TPSA) is 49.8 Å². The van der Waals surface area contributed by atoms with Crippen molar-refractivity contribution in [3.63, 3.8) is 0 Å². The largest absolute Gasteiger partial charge is 0.384 e. The van der Waals surface area contributed by atoms with Gasteiger partial charge in [-0.3, -0.25) is 4.79 Å². The molecule has 2 heterocycles. The van der Waals surface area contributed by atoms with Crippen LogP contribution >= 0.6 is 11.3 Å². The summed E-state index contributed by atoms with van der Waals surface area (Å²) in [6.07, 6.45) is 0. The summed E-state index contributed by atoms with van der Waals surface area (Å²) < 4.78 is 5.61. The summed E-state index contributed by atoms with van der Waals surface area (Å²) in [5, 5.41) is 10.6. The first-order valence-corrected chi connectivity index (χ1v) is 7.02. The Morgan fingerprint density at radius 1 is 1.63 bits per heavy atom. The Balaban J connectivity index is 2.18. The van der Waals surface area contributed by atoms with E-state index in [0.717, 1.165) is 0 Å². The molecule has 19 heavy (non-hydrogen) atoms. The van der Waals surface area contributed by atoms with Crippen LogP contribution < -0.4 is 0 Å². The first-order valence-electron chi connectivity index (χ1n) is 6.14. The molecule has 1 aromatic rings. The Morgan fingerprint density at radius 3 is 3.11 bits per heavy atom. The van der Waals surface area contributed by atoms with E-state index in [1.807, 2.05) is 25.3 Å². The van der Waals surface area contributed by atoms with E-state index < -0.39 is 0 Å². The normalized spacial score (nSPS) is 17.7. The quantitative estimate of drug-likeness (QED) is 0.789. The number of aliphatic hydroxyl groups is 1. The molecule has 1 aliphatic rings. The van der Waals surface area contributed by atoms with Crippen LogP contribution in [-0.4, -0.2) is 47.8 Å². The smallest absolute Gasteiger partial charge is 0.265 e. The molecule has 0 aromatic carbocycles. The van der Waals surface area contributed by atoms with Crippen LogP contribution in [-0.2, 0) is 4.74 Å². The van der Waals surface area contributed by atoms with Crippen molar-refractivity contribution in [2.45, 2.75) is 19.4 Å². The summed E-state index contributed by atoms with van der Waals surface area (Å²) in [5.74, 6) is 5.39. The van der Waals surface area contributed by atoms with Gasteiger partial charge < -0.3 is 14.7 Å². The molecule has 0 radical (unpaired) electrons. The summed E-state index contributed by atoms with van der Waals surface area (Å²) in [5.41, 5.74) is 0.385. The lowest BCUT2D eigenvalue weighted by Gasteiger charge is -2.38.